The molecule has 1 aromatic carbocycles. The van der Waals surface area contributed by atoms with Crippen LogP contribution in [0.4, 0.5) is 4.79 Å². The maximum atomic E-state index is 12.1. The molecular weight excluding hydrogens is 354 g/mol. The molecule has 1 atom stereocenters. The van der Waals surface area contributed by atoms with Crippen molar-refractivity contribution in [3.63, 3.8) is 0 Å². The van der Waals surface area contributed by atoms with E-state index in [0.717, 1.165) is 15.5 Å². The number of amides is 3. The molecule has 0 saturated carbocycles. The average molecular weight is 373 g/mol. The Labute approximate surface area is 155 Å². The van der Waals surface area contributed by atoms with Crippen LogP contribution in [0.3, 0.4) is 0 Å². The van der Waals surface area contributed by atoms with Crippen LogP contribution in [-0.2, 0) is 20.7 Å². The molecule has 3 rings (SSSR count). The molecule has 0 aliphatic carbocycles. The second-order valence-corrected chi connectivity index (χ2v) is 6.90. The van der Waals surface area contributed by atoms with Crippen molar-refractivity contribution in [1.29, 1.82) is 0 Å². The van der Waals surface area contributed by atoms with Crippen molar-refractivity contribution in [1.82, 2.24) is 15.2 Å². The van der Waals surface area contributed by atoms with Crippen LogP contribution < -0.4 is 5.32 Å². The van der Waals surface area contributed by atoms with Crippen LogP contribution in [0.5, 0.6) is 0 Å². The van der Waals surface area contributed by atoms with E-state index in [9.17, 15) is 14.4 Å². The van der Waals surface area contributed by atoms with Gasteiger partial charge in [-0.3, -0.25) is 14.5 Å². The van der Waals surface area contributed by atoms with Gasteiger partial charge in [-0.2, -0.15) is 0 Å². The summed E-state index contributed by atoms with van der Waals surface area (Å²) in [5, 5.41) is 5.16. The van der Waals surface area contributed by atoms with E-state index >= 15 is 0 Å². The monoisotopic (exact) mass is 373 g/mol. The van der Waals surface area contributed by atoms with E-state index in [0.29, 0.717) is 12.2 Å². The van der Waals surface area contributed by atoms with Crippen LogP contribution in [0.15, 0.2) is 29.6 Å². The molecular formula is C18H19N3O4S. The van der Waals surface area contributed by atoms with Crippen LogP contribution in [0, 0.1) is 6.92 Å². The normalized spacial score (nSPS) is 14.8. The molecule has 1 aromatic heterocycles. The third-order valence-corrected chi connectivity index (χ3v) is 4.89. The summed E-state index contributed by atoms with van der Waals surface area (Å²) in [6.07, 6.45) is -1.03. The number of rotatable bonds is 5. The number of thiazole rings is 1. The Morgan fingerprint density at radius 2 is 2.08 bits per heavy atom. The first-order valence-corrected chi connectivity index (χ1v) is 9.12. The van der Waals surface area contributed by atoms with Crippen LogP contribution in [0.25, 0.3) is 10.6 Å². The molecule has 1 aliphatic rings. The Balaban J connectivity index is 1.57. The molecule has 1 N–H and O–H groups in total. The van der Waals surface area contributed by atoms with E-state index in [1.165, 1.54) is 23.8 Å². The molecule has 1 saturated heterocycles. The van der Waals surface area contributed by atoms with E-state index in [-0.39, 0.29) is 13.0 Å². The smallest absolute Gasteiger partial charge is 0.324 e. The van der Waals surface area contributed by atoms with Gasteiger partial charge in [-0.1, -0.05) is 29.8 Å². The summed E-state index contributed by atoms with van der Waals surface area (Å²) in [6.45, 7) is 4.17. The second-order valence-electron chi connectivity index (χ2n) is 6.04. The van der Waals surface area contributed by atoms with Gasteiger partial charge < -0.3 is 10.1 Å². The second kappa shape index (κ2) is 7.65. The van der Waals surface area contributed by atoms with Crippen molar-refractivity contribution < 1.29 is 19.1 Å². The summed E-state index contributed by atoms with van der Waals surface area (Å²) >= 11 is 1.45. The minimum atomic E-state index is -1.01. The highest BCUT2D eigenvalue weighted by Gasteiger charge is 2.31. The molecule has 0 unspecified atom stereocenters. The van der Waals surface area contributed by atoms with Crippen molar-refractivity contribution in [2.45, 2.75) is 26.4 Å². The summed E-state index contributed by atoms with van der Waals surface area (Å²) in [6, 6.07) is 7.52. The summed E-state index contributed by atoms with van der Waals surface area (Å²) in [4.78, 5) is 41.2. The topological polar surface area (TPSA) is 88.6 Å². The number of benzene rings is 1. The number of aromatic nitrogens is 1. The fourth-order valence-electron chi connectivity index (χ4n) is 2.56. The van der Waals surface area contributed by atoms with Gasteiger partial charge in [-0.15, -0.1) is 11.3 Å². The molecule has 0 radical (unpaired) electrons. The molecule has 136 valence electrons. The number of aryl methyl sites for hydroxylation is 1. The van der Waals surface area contributed by atoms with Crippen LogP contribution >= 0.6 is 11.3 Å². The number of hydrogen-bond donors (Lipinski definition) is 1. The van der Waals surface area contributed by atoms with E-state index in [2.05, 4.69) is 10.3 Å². The van der Waals surface area contributed by atoms with Crippen molar-refractivity contribution >= 4 is 29.2 Å². The maximum Gasteiger partial charge on any atom is 0.324 e. The van der Waals surface area contributed by atoms with Gasteiger partial charge in [0.1, 0.15) is 5.01 Å². The van der Waals surface area contributed by atoms with E-state index in [4.69, 9.17) is 4.74 Å². The highest BCUT2D eigenvalue weighted by atomic mass is 32.1. The summed E-state index contributed by atoms with van der Waals surface area (Å²) in [7, 11) is 0. The Hall–Kier alpha value is -2.74. The number of carbonyl (C=O) groups is 3. The number of nitrogens with zero attached hydrogens (tertiary/aromatic N) is 2. The minimum Gasteiger partial charge on any atom is -0.452 e. The zero-order valence-corrected chi connectivity index (χ0v) is 15.3. The molecule has 3 amide bonds. The van der Waals surface area contributed by atoms with Crippen LogP contribution in [0.1, 0.15) is 18.2 Å². The van der Waals surface area contributed by atoms with E-state index < -0.39 is 24.0 Å². The number of imide groups is 1. The third kappa shape index (κ3) is 4.08. The lowest BCUT2D eigenvalue weighted by Gasteiger charge is -2.17. The number of carbonyl (C=O) groups excluding carboxylic acids is 3. The lowest BCUT2D eigenvalue weighted by molar-refractivity contribution is -0.156. The molecule has 2 heterocycles. The van der Waals surface area contributed by atoms with Crippen molar-refractivity contribution in [2.24, 2.45) is 0 Å². The largest absolute Gasteiger partial charge is 0.452 e. The number of nitrogens with one attached hydrogen (secondary N) is 1. The zero-order valence-electron chi connectivity index (χ0n) is 14.5. The molecule has 2 aromatic rings. The van der Waals surface area contributed by atoms with Gasteiger partial charge in [0, 0.05) is 24.0 Å². The van der Waals surface area contributed by atoms with Gasteiger partial charge in [0.15, 0.2) is 6.10 Å². The standard InChI is InChI=1S/C18H19N3O4S/c1-11-3-5-13(6-4-11)16-20-14(10-26-16)9-15(22)25-12(2)17(23)21-8-7-19-18(21)24/h3-6,10,12H,7-9H2,1-2H3,(H,19,24)/t12-/m1/s1. The van der Waals surface area contributed by atoms with Gasteiger partial charge >= 0.3 is 12.0 Å². The zero-order chi connectivity index (χ0) is 18.7. The number of ether oxygens (including phenoxy) is 1. The fourth-order valence-corrected chi connectivity index (χ4v) is 3.38. The Kier molecular flexibility index (Phi) is 5.32. The first-order valence-electron chi connectivity index (χ1n) is 8.24. The van der Waals surface area contributed by atoms with Crippen LogP contribution in [0.2, 0.25) is 0 Å². The maximum absolute atomic E-state index is 12.1. The highest BCUT2D eigenvalue weighted by Crippen LogP contribution is 2.24. The Morgan fingerprint density at radius 1 is 1.35 bits per heavy atom. The Bertz CT molecular complexity index is 831. The lowest BCUT2D eigenvalue weighted by atomic mass is 10.2. The molecule has 1 fully saturated rings. The summed E-state index contributed by atoms with van der Waals surface area (Å²) < 4.78 is 5.16. The molecule has 8 heteroatoms. The van der Waals surface area contributed by atoms with Gasteiger partial charge in [-0.25, -0.2) is 9.78 Å². The lowest BCUT2D eigenvalue weighted by Crippen LogP contribution is -2.42. The molecule has 1 aliphatic heterocycles. The van der Waals surface area contributed by atoms with Crippen molar-refractivity contribution in [3.05, 3.63) is 40.9 Å². The number of hydrogen-bond acceptors (Lipinski definition) is 6. The van der Waals surface area contributed by atoms with Gasteiger partial charge in [0.05, 0.1) is 12.1 Å². The molecule has 0 spiro atoms. The summed E-state index contributed by atoms with van der Waals surface area (Å²) in [5.74, 6) is -1.07. The minimum absolute atomic E-state index is 0.0216. The first kappa shape index (κ1) is 18.1. The average Bonchev–Trinajstić information content (AvgIpc) is 3.23. The molecule has 26 heavy (non-hydrogen) atoms. The predicted molar refractivity (Wildman–Crippen MR) is 96.7 cm³/mol. The fraction of sp³-hybridized carbons (Fsp3) is 0.333. The summed E-state index contributed by atoms with van der Waals surface area (Å²) in [5.41, 5.74) is 2.75. The van der Waals surface area contributed by atoms with Crippen molar-refractivity contribution in [2.75, 3.05) is 13.1 Å². The molecule has 7 nitrogen and oxygen atoms in total. The van der Waals surface area contributed by atoms with Crippen molar-refractivity contribution in [3.8, 4) is 10.6 Å². The third-order valence-electron chi connectivity index (χ3n) is 3.95. The Morgan fingerprint density at radius 3 is 2.73 bits per heavy atom. The van der Waals surface area contributed by atoms with E-state index in [1.54, 1.807) is 5.38 Å². The highest BCUT2D eigenvalue weighted by molar-refractivity contribution is 7.13. The van der Waals surface area contributed by atoms with Gasteiger partial charge in [0.25, 0.3) is 5.91 Å². The first-order chi connectivity index (χ1) is 12.4. The predicted octanol–water partition coefficient (Wildman–Crippen LogP) is 2.14. The van der Waals surface area contributed by atoms with Gasteiger partial charge in [-0.05, 0) is 13.8 Å². The quantitative estimate of drug-likeness (QED) is 0.811. The van der Waals surface area contributed by atoms with Crippen LogP contribution in [-0.4, -0.2) is 47.0 Å². The molecule has 0 bridgehead atoms. The number of esters is 1. The number of urea groups is 1. The SMILES string of the molecule is Cc1ccc(-c2nc(CC(=O)O[C@H](C)C(=O)N3CCNC3=O)cs2)cc1. The van der Waals surface area contributed by atoms with Gasteiger partial charge in [0.2, 0.25) is 0 Å². The van der Waals surface area contributed by atoms with E-state index in [1.807, 2.05) is 31.2 Å².